The molecule has 4 heterocycles. The number of ether oxygens (including phenoxy) is 1. The summed E-state index contributed by atoms with van der Waals surface area (Å²) in [4.78, 5) is 46.8. The predicted octanol–water partition coefficient (Wildman–Crippen LogP) is 2.78. The summed E-state index contributed by atoms with van der Waals surface area (Å²) in [5.74, 6) is -0.562. The third kappa shape index (κ3) is 3.16. The minimum Gasteiger partial charge on any atom is -0.469 e. The van der Waals surface area contributed by atoms with Crippen LogP contribution in [-0.2, 0) is 25.5 Å². The summed E-state index contributed by atoms with van der Waals surface area (Å²) < 4.78 is 4.76. The smallest absolute Gasteiger partial charge is 0.310 e. The van der Waals surface area contributed by atoms with Gasteiger partial charge in [-0.05, 0) is 29.3 Å². The molecular weight excluding hydrogens is 400 g/mol. The summed E-state index contributed by atoms with van der Waals surface area (Å²) in [5.41, 5.74) is 3.82. The van der Waals surface area contributed by atoms with Crippen LogP contribution in [-0.4, -0.2) is 39.9 Å². The minimum atomic E-state index is -0.475. The molecule has 142 valence electrons. The maximum Gasteiger partial charge on any atom is 0.310 e. The second kappa shape index (κ2) is 7.13. The largest absolute Gasteiger partial charge is 0.469 e. The summed E-state index contributed by atoms with van der Waals surface area (Å²) in [6, 6.07) is 3.77. The Labute approximate surface area is 167 Å². The van der Waals surface area contributed by atoms with Crippen LogP contribution in [0, 0.1) is 0 Å². The lowest BCUT2D eigenvalue weighted by atomic mass is 10.1. The number of hydrogen-bond acceptors (Lipinski definition) is 9. The molecule has 0 atom stereocenters. The first-order valence-electron chi connectivity index (χ1n) is 8.20. The number of fused-ring (bicyclic) bond motifs is 1. The van der Waals surface area contributed by atoms with Gasteiger partial charge in [0.2, 0.25) is 0 Å². The number of aromatic nitrogens is 2. The Bertz CT molecular complexity index is 1130. The first-order valence-corrected chi connectivity index (χ1v) is 9.96. The van der Waals surface area contributed by atoms with E-state index in [9.17, 15) is 14.4 Å². The average Bonchev–Trinajstić information content (AvgIpc) is 3.39. The molecule has 0 spiro atoms. The molecule has 1 aliphatic rings. The van der Waals surface area contributed by atoms with Gasteiger partial charge in [0.15, 0.2) is 11.6 Å². The molecule has 2 amide bonds. The highest BCUT2D eigenvalue weighted by Gasteiger charge is 2.30. The van der Waals surface area contributed by atoms with Crippen molar-refractivity contribution >= 4 is 56.5 Å². The highest BCUT2D eigenvalue weighted by molar-refractivity contribution is 7.17. The summed E-state index contributed by atoms with van der Waals surface area (Å²) in [6.07, 6.45) is 1.29. The lowest BCUT2D eigenvalue weighted by Gasteiger charge is -2.17. The van der Waals surface area contributed by atoms with Crippen molar-refractivity contribution in [2.75, 3.05) is 12.5 Å². The van der Waals surface area contributed by atoms with Gasteiger partial charge in [-0.2, -0.15) is 5.01 Å². The fourth-order valence-corrected chi connectivity index (χ4v) is 4.35. The lowest BCUT2D eigenvalue weighted by molar-refractivity contribution is -0.140. The molecule has 3 aromatic rings. The molecule has 0 unspecified atom stereocenters. The van der Waals surface area contributed by atoms with Crippen LogP contribution in [0.15, 0.2) is 34.5 Å². The molecule has 10 heteroatoms. The van der Waals surface area contributed by atoms with Gasteiger partial charge in [-0.1, -0.05) is 6.07 Å². The molecule has 0 aliphatic carbocycles. The van der Waals surface area contributed by atoms with Crippen molar-refractivity contribution in [3.63, 3.8) is 0 Å². The SMILES string of the molecule is COC(=O)Cc1csc2nc(-c3cccs3)nc(NN3C(=O)C=C(C)C3=O)c12. The third-order valence-corrected chi connectivity index (χ3v) is 5.92. The number of methoxy groups -OCH3 is 1. The van der Waals surface area contributed by atoms with Crippen LogP contribution in [0.4, 0.5) is 5.82 Å². The summed E-state index contributed by atoms with van der Waals surface area (Å²) in [7, 11) is 1.32. The Balaban J connectivity index is 1.83. The molecule has 0 fully saturated rings. The molecule has 0 saturated carbocycles. The number of anilines is 1. The molecule has 0 bridgehead atoms. The van der Waals surface area contributed by atoms with Gasteiger partial charge in [0.05, 0.1) is 23.8 Å². The quantitative estimate of drug-likeness (QED) is 0.506. The van der Waals surface area contributed by atoms with Crippen molar-refractivity contribution in [2.45, 2.75) is 13.3 Å². The van der Waals surface area contributed by atoms with Gasteiger partial charge in [0.1, 0.15) is 4.83 Å². The highest BCUT2D eigenvalue weighted by Crippen LogP contribution is 2.34. The molecule has 3 aromatic heterocycles. The Kier molecular flexibility index (Phi) is 4.65. The van der Waals surface area contributed by atoms with Gasteiger partial charge >= 0.3 is 5.97 Å². The highest BCUT2D eigenvalue weighted by atomic mass is 32.1. The van der Waals surface area contributed by atoms with Crippen molar-refractivity contribution in [1.82, 2.24) is 15.0 Å². The molecule has 1 N–H and O–H groups in total. The van der Waals surface area contributed by atoms with Gasteiger partial charge in [-0.25, -0.2) is 9.97 Å². The number of carbonyl (C=O) groups excluding carboxylic acids is 3. The number of esters is 1. The molecule has 28 heavy (non-hydrogen) atoms. The first kappa shape index (κ1) is 18.3. The zero-order valence-electron chi connectivity index (χ0n) is 14.9. The normalized spacial score (nSPS) is 13.9. The molecule has 1 aliphatic heterocycles. The number of hydrogen-bond donors (Lipinski definition) is 1. The predicted molar refractivity (Wildman–Crippen MR) is 106 cm³/mol. The molecule has 4 rings (SSSR count). The fraction of sp³-hybridized carbons (Fsp3) is 0.167. The number of rotatable bonds is 5. The zero-order chi connectivity index (χ0) is 19.8. The van der Waals surface area contributed by atoms with Gasteiger partial charge in [-0.15, -0.1) is 22.7 Å². The number of nitrogens with zero attached hydrogens (tertiary/aromatic N) is 3. The van der Waals surface area contributed by atoms with E-state index in [0.29, 0.717) is 33.0 Å². The zero-order valence-corrected chi connectivity index (χ0v) is 16.5. The van der Waals surface area contributed by atoms with Crippen molar-refractivity contribution in [3.8, 4) is 10.7 Å². The fourth-order valence-electron chi connectivity index (χ4n) is 2.76. The molecule has 0 radical (unpaired) electrons. The van der Waals surface area contributed by atoms with Crippen molar-refractivity contribution in [3.05, 3.63) is 40.1 Å². The van der Waals surface area contributed by atoms with Crippen molar-refractivity contribution in [2.24, 2.45) is 0 Å². The van der Waals surface area contributed by atoms with Crippen LogP contribution in [0.3, 0.4) is 0 Å². The second-order valence-electron chi connectivity index (χ2n) is 5.99. The van der Waals surface area contributed by atoms with E-state index in [1.165, 1.54) is 35.9 Å². The Morgan fingerprint density at radius 3 is 2.75 bits per heavy atom. The average molecular weight is 414 g/mol. The number of amides is 2. The van der Waals surface area contributed by atoms with Crippen LogP contribution >= 0.6 is 22.7 Å². The number of nitrogens with one attached hydrogen (secondary N) is 1. The van der Waals surface area contributed by atoms with E-state index < -0.39 is 17.8 Å². The maximum atomic E-state index is 12.3. The van der Waals surface area contributed by atoms with Gasteiger partial charge in [0.25, 0.3) is 11.8 Å². The minimum absolute atomic E-state index is 0.0338. The van der Waals surface area contributed by atoms with E-state index in [0.717, 1.165) is 9.89 Å². The van der Waals surface area contributed by atoms with Gasteiger partial charge in [0, 0.05) is 11.6 Å². The van der Waals surface area contributed by atoms with E-state index in [4.69, 9.17) is 4.74 Å². The second-order valence-corrected chi connectivity index (χ2v) is 7.79. The summed E-state index contributed by atoms with van der Waals surface area (Å²) in [5, 5.41) is 5.21. The third-order valence-electron chi connectivity index (χ3n) is 4.13. The van der Waals surface area contributed by atoms with Crippen molar-refractivity contribution in [1.29, 1.82) is 0 Å². The lowest BCUT2D eigenvalue weighted by Crippen LogP contribution is -2.36. The molecular formula is C18H14N4O4S2. The van der Waals surface area contributed by atoms with Crippen molar-refractivity contribution < 1.29 is 19.1 Å². The number of thiophene rings is 2. The number of carbonyl (C=O) groups is 3. The Morgan fingerprint density at radius 1 is 1.29 bits per heavy atom. The summed E-state index contributed by atoms with van der Waals surface area (Å²) >= 11 is 2.83. The topological polar surface area (TPSA) is 101 Å². The number of imide groups is 1. The van der Waals surface area contributed by atoms with E-state index in [-0.39, 0.29) is 6.42 Å². The van der Waals surface area contributed by atoms with E-state index in [2.05, 4.69) is 15.4 Å². The van der Waals surface area contributed by atoms with E-state index >= 15 is 0 Å². The molecule has 8 nitrogen and oxygen atoms in total. The van der Waals surface area contributed by atoms with Crippen LogP contribution in [0.1, 0.15) is 12.5 Å². The monoisotopic (exact) mass is 414 g/mol. The van der Waals surface area contributed by atoms with Gasteiger partial charge in [-0.3, -0.25) is 19.8 Å². The van der Waals surface area contributed by atoms with E-state index in [1.807, 2.05) is 17.5 Å². The molecule has 0 aromatic carbocycles. The van der Waals surface area contributed by atoms with Crippen LogP contribution in [0.25, 0.3) is 20.9 Å². The Morgan fingerprint density at radius 2 is 2.11 bits per heavy atom. The number of hydrazine groups is 1. The standard InChI is InChI=1S/C18H14N4O4S2/c1-9-6-12(23)22(18(9)25)21-16-14-10(7-13(24)26-2)8-28-17(14)20-15(19-16)11-4-3-5-27-11/h3-6,8H,7H2,1-2H3,(H,19,20,21). The Hall–Kier alpha value is -3.11. The van der Waals surface area contributed by atoms with Crippen LogP contribution in [0.5, 0.6) is 0 Å². The molecule has 0 saturated heterocycles. The van der Waals surface area contributed by atoms with Crippen LogP contribution in [0.2, 0.25) is 0 Å². The maximum absolute atomic E-state index is 12.3. The summed E-state index contributed by atoms with van der Waals surface area (Å²) in [6.45, 7) is 1.57. The van der Waals surface area contributed by atoms with Gasteiger partial charge < -0.3 is 4.74 Å². The first-order chi connectivity index (χ1) is 13.5. The van der Waals surface area contributed by atoms with E-state index in [1.54, 1.807) is 12.3 Å². The van der Waals surface area contributed by atoms with Crippen LogP contribution < -0.4 is 5.43 Å².